The third-order valence-electron chi connectivity index (χ3n) is 3.83. The minimum Gasteiger partial charge on any atom is -0.481 e. The van der Waals surface area contributed by atoms with Gasteiger partial charge in [-0.3, -0.25) is 9.59 Å². The first-order valence-electron chi connectivity index (χ1n) is 6.68. The SMILES string of the molecule is CC(C)C(CC(=O)O)NC(=O)C1CCCC1CN. The van der Waals surface area contributed by atoms with E-state index in [0.29, 0.717) is 6.54 Å². The van der Waals surface area contributed by atoms with Gasteiger partial charge in [0.05, 0.1) is 6.42 Å². The number of aliphatic carboxylic acids is 1. The maximum Gasteiger partial charge on any atom is 0.305 e. The zero-order valence-electron chi connectivity index (χ0n) is 11.2. The average molecular weight is 256 g/mol. The molecule has 1 saturated carbocycles. The third-order valence-corrected chi connectivity index (χ3v) is 3.83. The predicted molar refractivity (Wildman–Crippen MR) is 68.9 cm³/mol. The molecule has 0 saturated heterocycles. The van der Waals surface area contributed by atoms with Crippen molar-refractivity contribution in [3.8, 4) is 0 Å². The van der Waals surface area contributed by atoms with Gasteiger partial charge in [-0.1, -0.05) is 20.3 Å². The lowest BCUT2D eigenvalue weighted by atomic mass is 9.93. The van der Waals surface area contributed by atoms with E-state index in [1.807, 2.05) is 13.8 Å². The highest BCUT2D eigenvalue weighted by molar-refractivity contribution is 5.80. The van der Waals surface area contributed by atoms with Crippen LogP contribution in [0.15, 0.2) is 0 Å². The zero-order valence-corrected chi connectivity index (χ0v) is 11.2. The monoisotopic (exact) mass is 256 g/mol. The highest BCUT2D eigenvalue weighted by Crippen LogP contribution is 2.31. The molecule has 0 aliphatic heterocycles. The minimum atomic E-state index is -0.879. The Kier molecular flexibility index (Phi) is 5.59. The summed E-state index contributed by atoms with van der Waals surface area (Å²) in [6.45, 7) is 4.37. The molecule has 0 heterocycles. The van der Waals surface area contributed by atoms with Crippen molar-refractivity contribution in [2.24, 2.45) is 23.5 Å². The molecule has 1 rings (SSSR count). The van der Waals surface area contributed by atoms with Crippen LogP contribution in [0.4, 0.5) is 0 Å². The van der Waals surface area contributed by atoms with Crippen LogP contribution < -0.4 is 11.1 Å². The molecule has 1 amide bonds. The fourth-order valence-corrected chi connectivity index (χ4v) is 2.60. The van der Waals surface area contributed by atoms with Gasteiger partial charge in [-0.25, -0.2) is 0 Å². The smallest absolute Gasteiger partial charge is 0.305 e. The Morgan fingerprint density at radius 3 is 2.56 bits per heavy atom. The molecule has 0 spiro atoms. The number of carboxylic acid groups (broad SMARTS) is 1. The van der Waals surface area contributed by atoms with Gasteiger partial charge in [0.15, 0.2) is 0 Å². The molecule has 3 atom stereocenters. The first kappa shape index (κ1) is 15.0. The van der Waals surface area contributed by atoms with Gasteiger partial charge in [0, 0.05) is 12.0 Å². The standard InChI is InChI=1S/C13H24N2O3/c1-8(2)11(6-12(16)17)15-13(18)10-5-3-4-9(10)7-14/h8-11H,3-7,14H2,1-2H3,(H,15,18)(H,16,17). The molecule has 18 heavy (non-hydrogen) atoms. The highest BCUT2D eigenvalue weighted by Gasteiger charge is 2.33. The first-order valence-corrected chi connectivity index (χ1v) is 6.68. The number of carbonyl (C=O) groups excluding carboxylic acids is 1. The fraction of sp³-hybridized carbons (Fsp3) is 0.846. The van der Waals surface area contributed by atoms with E-state index in [9.17, 15) is 9.59 Å². The zero-order chi connectivity index (χ0) is 13.7. The molecule has 0 aromatic heterocycles. The number of amides is 1. The van der Waals surface area contributed by atoms with Crippen LogP contribution in [0.3, 0.4) is 0 Å². The van der Waals surface area contributed by atoms with Crippen LogP contribution in [0.5, 0.6) is 0 Å². The van der Waals surface area contributed by atoms with E-state index in [2.05, 4.69) is 5.32 Å². The van der Waals surface area contributed by atoms with Gasteiger partial charge < -0.3 is 16.2 Å². The Bertz CT molecular complexity index is 305. The molecule has 0 bridgehead atoms. The lowest BCUT2D eigenvalue weighted by Crippen LogP contribution is -2.44. The van der Waals surface area contributed by atoms with E-state index in [1.165, 1.54) is 0 Å². The summed E-state index contributed by atoms with van der Waals surface area (Å²) in [7, 11) is 0. The Morgan fingerprint density at radius 2 is 2.06 bits per heavy atom. The lowest BCUT2D eigenvalue weighted by Gasteiger charge is -2.24. The highest BCUT2D eigenvalue weighted by atomic mass is 16.4. The Balaban J connectivity index is 2.57. The summed E-state index contributed by atoms with van der Waals surface area (Å²) >= 11 is 0. The van der Waals surface area contributed by atoms with Crippen LogP contribution in [-0.4, -0.2) is 29.6 Å². The summed E-state index contributed by atoms with van der Waals surface area (Å²) in [5.41, 5.74) is 5.66. The summed E-state index contributed by atoms with van der Waals surface area (Å²) in [5.74, 6) is -0.575. The van der Waals surface area contributed by atoms with E-state index < -0.39 is 5.97 Å². The molecule has 104 valence electrons. The van der Waals surface area contributed by atoms with Gasteiger partial charge in [-0.15, -0.1) is 0 Å². The van der Waals surface area contributed by atoms with Crippen LogP contribution in [-0.2, 0) is 9.59 Å². The summed E-state index contributed by atoms with van der Waals surface area (Å²) in [6.07, 6.45) is 2.88. The number of carbonyl (C=O) groups is 2. The first-order chi connectivity index (χ1) is 8.45. The normalized spacial score (nSPS) is 25.1. The van der Waals surface area contributed by atoms with Crippen molar-refractivity contribution in [3.05, 3.63) is 0 Å². The second kappa shape index (κ2) is 6.73. The Labute approximate surface area is 108 Å². The van der Waals surface area contributed by atoms with Crippen LogP contribution in [0, 0.1) is 17.8 Å². The van der Waals surface area contributed by atoms with E-state index in [-0.39, 0.29) is 36.1 Å². The summed E-state index contributed by atoms with van der Waals surface area (Å²) in [6, 6.07) is -0.297. The molecule has 0 aromatic rings. The van der Waals surface area contributed by atoms with E-state index in [4.69, 9.17) is 10.8 Å². The lowest BCUT2D eigenvalue weighted by molar-refractivity contribution is -0.138. The third kappa shape index (κ3) is 3.98. The molecule has 0 radical (unpaired) electrons. The molecule has 4 N–H and O–H groups in total. The number of hydrogen-bond donors (Lipinski definition) is 3. The van der Waals surface area contributed by atoms with Crippen molar-refractivity contribution in [2.75, 3.05) is 6.54 Å². The molecular formula is C13H24N2O3. The maximum absolute atomic E-state index is 12.2. The van der Waals surface area contributed by atoms with Crippen molar-refractivity contribution in [1.82, 2.24) is 5.32 Å². The van der Waals surface area contributed by atoms with Gasteiger partial charge in [-0.2, -0.15) is 0 Å². The summed E-state index contributed by atoms with van der Waals surface area (Å²) in [5, 5.41) is 11.7. The Morgan fingerprint density at radius 1 is 1.39 bits per heavy atom. The molecule has 0 aromatic carbocycles. The van der Waals surface area contributed by atoms with E-state index in [0.717, 1.165) is 19.3 Å². The number of nitrogens with two attached hydrogens (primary N) is 1. The number of nitrogens with one attached hydrogen (secondary N) is 1. The van der Waals surface area contributed by atoms with Crippen LogP contribution >= 0.6 is 0 Å². The summed E-state index contributed by atoms with van der Waals surface area (Å²) in [4.78, 5) is 22.9. The van der Waals surface area contributed by atoms with Crippen molar-refractivity contribution in [1.29, 1.82) is 0 Å². The fourth-order valence-electron chi connectivity index (χ4n) is 2.60. The summed E-state index contributed by atoms with van der Waals surface area (Å²) < 4.78 is 0. The quantitative estimate of drug-likeness (QED) is 0.660. The van der Waals surface area contributed by atoms with Crippen molar-refractivity contribution in [2.45, 2.75) is 45.6 Å². The second-order valence-corrected chi connectivity index (χ2v) is 5.49. The van der Waals surface area contributed by atoms with Crippen molar-refractivity contribution >= 4 is 11.9 Å². The number of carboxylic acids is 1. The van der Waals surface area contributed by atoms with Crippen LogP contribution in [0.1, 0.15) is 39.5 Å². The van der Waals surface area contributed by atoms with Crippen molar-refractivity contribution < 1.29 is 14.7 Å². The molecule has 1 fully saturated rings. The van der Waals surface area contributed by atoms with E-state index >= 15 is 0 Å². The molecule has 3 unspecified atom stereocenters. The van der Waals surface area contributed by atoms with Gasteiger partial charge in [0.1, 0.15) is 0 Å². The average Bonchev–Trinajstić information content (AvgIpc) is 2.75. The Hall–Kier alpha value is -1.10. The topological polar surface area (TPSA) is 92.4 Å². The number of hydrogen-bond acceptors (Lipinski definition) is 3. The number of rotatable bonds is 6. The largest absolute Gasteiger partial charge is 0.481 e. The van der Waals surface area contributed by atoms with Crippen molar-refractivity contribution in [3.63, 3.8) is 0 Å². The second-order valence-electron chi connectivity index (χ2n) is 5.49. The molecule has 5 nitrogen and oxygen atoms in total. The minimum absolute atomic E-state index is 0.0244. The van der Waals surface area contributed by atoms with Gasteiger partial charge >= 0.3 is 5.97 Å². The maximum atomic E-state index is 12.2. The molecular weight excluding hydrogens is 232 g/mol. The predicted octanol–water partition coefficient (Wildman–Crippen LogP) is 0.977. The molecule has 5 heteroatoms. The van der Waals surface area contributed by atoms with Crippen LogP contribution in [0.25, 0.3) is 0 Å². The van der Waals surface area contributed by atoms with Gasteiger partial charge in [0.2, 0.25) is 5.91 Å². The molecule has 1 aliphatic rings. The van der Waals surface area contributed by atoms with E-state index in [1.54, 1.807) is 0 Å². The van der Waals surface area contributed by atoms with Gasteiger partial charge in [-0.05, 0) is 31.2 Å². The van der Waals surface area contributed by atoms with Crippen LogP contribution in [0.2, 0.25) is 0 Å². The molecule has 1 aliphatic carbocycles. The van der Waals surface area contributed by atoms with Gasteiger partial charge in [0.25, 0.3) is 0 Å².